The summed E-state index contributed by atoms with van der Waals surface area (Å²) >= 11 is 0. The number of anilines is 3. The lowest BCUT2D eigenvalue weighted by atomic mass is 9.88. The number of nitrogens with zero attached hydrogens (tertiary/aromatic N) is 3. The molecule has 10 heteroatoms. The van der Waals surface area contributed by atoms with Gasteiger partial charge in [-0.3, -0.25) is 4.79 Å². The summed E-state index contributed by atoms with van der Waals surface area (Å²) < 4.78 is 11.4. The second-order valence-corrected chi connectivity index (χ2v) is 12.4. The van der Waals surface area contributed by atoms with Gasteiger partial charge in [0.25, 0.3) is 5.91 Å². The molecule has 1 heterocycles. The number of hydrogen-bond acceptors (Lipinski definition) is 9. The van der Waals surface area contributed by atoms with Gasteiger partial charge in [0, 0.05) is 37.2 Å². The van der Waals surface area contributed by atoms with Crippen LogP contribution in [-0.4, -0.2) is 73.0 Å². The summed E-state index contributed by atoms with van der Waals surface area (Å²) in [5, 5.41) is 13.3. The molecule has 1 aromatic heterocycles. The summed E-state index contributed by atoms with van der Waals surface area (Å²) in [5.41, 5.74) is 3.22. The van der Waals surface area contributed by atoms with Crippen molar-refractivity contribution >= 4 is 23.8 Å². The maximum Gasteiger partial charge on any atom is 0.251 e. The molecule has 1 aliphatic rings. The fraction of sp³-hybridized carbons (Fsp3) is 0.436. The molecule has 4 N–H and O–H groups in total. The monoisotopic (exact) mass is 665 g/mol. The van der Waals surface area contributed by atoms with E-state index in [4.69, 9.17) is 24.4 Å². The predicted octanol–water partition coefficient (Wildman–Crippen LogP) is 6.91. The fourth-order valence-electron chi connectivity index (χ4n) is 6.09. The Labute approximate surface area is 290 Å². The molecule has 1 fully saturated rings. The summed E-state index contributed by atoms with van der Waals surface area (Å²) in [7, 11) is 0. The molecular weight excluding hydrogens is 614 g/mol. The molecule has 0 unspecified atom stereocenters. The average Bonchev–Trinajstić information content (AvgIpc) is 3.13. The molecule has 0 saturated heterocycles. The number of hydrogen-bond donors (Lipinski definition) is 4. The largest absolute Gasteiger partial charge is 0.377 e. The molecule has 0 spiro atoms. The third-order valence-electron chi connectivity index (χ3n) is 8.66. The Kier molecular flexibility index (Phi) is 15.1. The van der Waals surface area contributed by atoms with Gasteiger partial charge in [0.15, 0.2) is 0 Å². The number of carbonyl (C=O) groups excluding carboxylic acids is 1. The van der Waals surface area contributed by atoms with Crippen LogP contribution in [0.4, 0.5) is 17.8 Å². The third kappa shape index (κ3) is 12.8. The molecule has 10 nitrogen and oxygen atoms in total. The Morgan fingerprint density at radius 3 is 1.73 bits per heavy atom. The van der Waals surface area contributed by atoms with Crippen LogP contribution in [0.25, 0.3) is 0 Å². The maximum atomic E-state index is 12.1. The highest BCUT2D eigenvalue weighted by Crippen LogP contribution is 2.28. The van der Waals surface area contributed by atoms with Crippen molar-refractivity contribution in [1.82, 2.24) is 20.3 Å². The van der Waals surface area contributed by atoms with Crippen molar-refractivity contribution in [2.45, 2.75) is 63.3 Å². The Morgan fingerprint density at radius 2 is 1.12 bits per heavy atom. The lowest BCUT2D eigenvalue weighted by molar-refractivity contribution is 0.0519. The first kappa shape index (κ1) is 35.8. The summed E-state index contributed by atoms with van der Waals surface area (Å²) in [6.07, 6.45) is 9.50. The second-order valence-electron chi connectivity index (χ2n) is 12.4. The minimum absolute atomic E-state index is 0.102. The van der Waals surface area contributed by atoms with Gasteiger partial charge >= 0.3 is 0 Å². The van der Waals surface area contributed by atoms with Crippen molar-refractivity contribution in [1.29, 1.82) is 0 Å². The number of carbonyl (C=O) groups is 1. The summed E-state index contributed by atoms with van der Waals surface area (Å²) in [4.78, 5) is 26.3. The summed E-state index contributed by atoms with van der Waals surface area (Å²) in [6.45, 7) is 3.50. The molecule has 49 heavy (non-hydrogen) atoms. The Bertz CT molecular complexity index is 1450. The van der Waals surface area contributed by atoms with E-state index in [-0.39, 0.29) is 11.8 Å². The molecule has 0 aliphatic heterocycles. The van der Waals surface area contributed by atoms with Gasteiger partial charge in [-0.25, -0.2) is 0 Å². The van der Waals surface area contributed by atoms with Crippen LogP contribution in [0.2, 0.25) is 0 Å². The highest BCUT2D eigenvalue weighted by Gasteiger charge is 2.16. The second kappa shape index (κ2) is 20.7. The van der Waals surface area contributed by atoms with E-state index in [1.807, 2.05) is 18.2 Å². The first-order valence-corrected chi connectivity index (χ1v) is 17.8. The van der Waals surface area contributed by atoms with Crippen LogP contribution in [0.1, 0.15) is 78.8 Å². The Balaban J connectivity index is 1.09. The topological polar surface area (TPSA) is 122 Å². The highest BCUT2D eigenvalue weighted by atomic mass is 16.5. The zero-order valence-corrected chi connectivity index (χ0v) is 28.5. The van der Waals surface area contributed by atoms with Crippen LogP contribution < -0.4 is 21.3 Å². The van der Waals surface area contributed by atoms with Crippen molar-refractivity contribution in [3.63, 3.8) is 0 Å². The van der Waals surface area contributed by atoms with Gasteiger partial charge < -0.3 is 30.7 Å². The van der Waals surface area contributed by atoms with Crippen LogP contribution in [0.15, 0.2) is 91.0 Å². The molecule has 5 rings (SSSR count). The van der Waals surface area contributed by atoms with Crippen molar-refractivity contribution in [3.05, 3.63) is 108 Å². The van der Waals surface area contributed by atoms with E-state index < -0.39 is 0 Å². The molecule has 0 bridgehead atoms. The Hall–Kier alpha value is -4.54. The number of benzene rings is 3. The van der Waals surface area contributed by atoms with E-state index in [0.29, 0.717) is 75.5 Å². The van der Waals surface area contributed by atoms with Gasteiger partial charge in [0.1, 0.15) is 0 Å². The molecule has 3 aromatic carbocycles. The number of amides is 1. The van der Waals surface area contributed by atoms with E-state index in [0.717, 1.165) is 19.3 Å². The zero-order chi connectivity index (χ0) is 33.8. The molecule has 0 atom stereocenters. The van der Waals surface area contributed by atoms with Crippen LogP contribution in [0, 0.1) is 0 Å². The minimum atomic E-state index is -0.102. The number of ether oxygens (including phenoxy) is 2. The van der Waals surface area contributed by atoms with Gasteiger partial charge in [0.05, 0.1) is 26.4 Å². The molecule has 260 valence electrons. The third-order valence-corrected chi connectivity index (χ3v) is 8.66. The fourth-order valence-corrected chi connectivity index (χ4v) is 6.09. The SMILES string of the molecule is O=C(NCCOCCOCCNc1nc(NCCC(c2ccccc2)c2ccccc2)nc(NC2CCCCCCC2)n1)c1ccccc1. The molecule has 4 aromatic rings. The normalized spacial score (nSPS) is 13.7. The van der Waals surface area contributed by atoms with Crippen LogP contribution in [-0.2, 0) is 9.47 Å². The van der Waals surface area contributed by atoms with Crippen LogP contribution in [0.5, 0.6) is 0 Å². The van der Waals surface area contributed by atoms with Gasteiger partial charge in [-0.2, -0.15) is 15.0 Å². The van der Waals surface area contributed by atoms with Gasteiger partial charge in [-0.1, -0.05) is 111 Å². The molecule has 0 radical (unpaired) electrons. The van der Waals surface area contributed by atoms with E-state index in [1.54, 1.807) is 12.1 Å². The first-order chi connectivity index (χ1) is 24.2. The smallest absolute Gasteiger partial charge is 0.251 e. The van der Waals surface area contributed by atoms with Crippen LogP contribution >= 0.6 is 0 Å². The predicted molar refractivity (Wildman–Crippen MR) is 196 cm³/mol. The number of rotatable bonds is 19. The van der Waals surface area contributed by atoms with Gasteiger partial charge in [-0.15, -0.1) is 0 Å². The average molecular weight is 666 g/mol. The van der Waals surface area contributed by atoms with Gasteiger partial charge in [0.2, 0.25) is 17.8 Å². The van der Waals surface area contributed by atoms with Crippen molar-refractivity contribution in [2.75, 3.05) is 62.0 Å². The first-order valence-electron chi connectivity index (χ1n) is 17.8. The van der Waals surface area contributed by atoms with Crippen molar-refractivity contribution in [3.8, 4) is 0 Å². The van der Waals surface area contributed by atoms with E-state index in [9.17, 15) is 4.79 Å². The molecule has 1 saturated carbocycles. The maximum absolute atomic E-state index is 12.1. The molecular formula is C39H51N7O3. The molecule has 1 aliphatic carbocycles. The summed E-state index contributed by atoms with van der Waals surface area (Å²) in [5.74, 6) is 1.83. The van der Waals surface area contributed by atoms with Crippen molar-refractivity contribution in [2.24, 2.45) is 0 Å². The van der Waals surface area contributed by atoms with Crippen molar-refractivity contribution < 1.29 is 14.3 Å². The lowest BCUT2D eigenvalue weighted by Gasteiger charge is -2.22. The van der Waals surface area contributed by atoms with E-state index in [1.165, 1.54) is 43.2 Å². The molecule has 1 amide bonds. The number of nitrogens with one attached hydrogen (secondary N) is 4. The number of aromatic nitrogens is 3. The van der Waals surface area contributed by atoms with Crippen LogP contribution in [0.3, 0.4) is 0 Å². The quantitative estimate of drug-likeness (QED) is 0.0792. The Morgan fingerprint density at radius 1 is 0.612 bits per heavy atom. The minimum Gasteiger partial charge on any atom is -0.377 e. The standard InChI is InChI=1S/C39H51N7O3/c47-36(33-19-11-6-12-20-33)40-25-27-48-29-30-49-28-26-42-38-44-37(45-39(46-38)43-34-21-13-2-1-3-14-22-34)41-24-23-35(31-15-7-4-8-16-31)32-17-9-5-10-18-32/h4-12,15-20,34-35H,1-3,13-14,21-30H2,(H,40,47)(H3,41,42,43,44,45,46). The van der Waals surface area contributed by atoms with E-state index >= 15 is 0 Å². The lowest BCUT2D eigenvalue weighted by Crippen LogP contribution is -2.27. The van der Waals surface area contributed by atoms with Gasteiger partial charge in [-0.05, 0) is 42.5 Å². The summed E-state index contributed by atoms with van der Waals surface area (Å²) in [6, 6.07) is 30.8. The zero-order valence-electron chi connectivity index (χ0n) is 28.5. The highest BCUT2D eigenvalue weighted by molar-refractivity contribution is 5.94. The van der Waals surface area contributed by atoms with E-state index in [2.05, 4.69) is 81.9 Å².